The number of rotatable bonds is 0. The van der Waals surface area contributed by atoms with E-state index >= 15 is 0 Å². The highest BCUT2D eigenvalue weighted by Gasteiger charge is 2.38. The Hall–Kier alpha value is -0.870. The number of carbonyl (C=O) groups excluding carboxylic acids is 1. The highest BCUT2D eigenvalue weighted by Crippen LogP contribution is 2.40. The number of carbonyl (C=O) groups is 1. The highest BCUT2D eigenvalue weighted by atomic mass is 32.1. The minimum absolute atomic E-state index is 0.175. The first kappa shape index (κ1) is 14.1. The second-order valence-corrected chi connectivity index (χ2v) is 8.21. The number of aryl methyl sites for hydroxylation is 1. The molecular weight excluding hydrogens is 268 g/mol. The fraction of sp³-hybridized carbons (Fsp3) is 0.688. The standard InChI is InChI=1S/C16H24N2OS/c1-11(19)18-10-17(16(2,3)4)9-13-12-7-5-6-8-14(12)20-15(13)18/h5-10H2,1-4H3/p+1. The number of quaternary nitrogens is 1. The van der Waals surface area contributed by atoms with Crippen LogP contribution < -0.4 is 9.80 Å². The zero-order valence-electron chi connectivity index (χ0n) is 13.0. The van der Waals surface area contributed by atoms with Crippen molar-refractivity contribution in [2.45, 2.75) is 65.5 Å². The predicted molar refractivity (Wildman–Crippen MR) is 83.4 cm³/mol. The molecule has 1 unspecified atom stereocenters. The van der Waals surface area contributed by atoms with E-state index in [2.05, 4.69) is 20.8 Å². The maximum atomic E-state index is 12.1. The van der Waals surface area contributed by atoms with Gasteiger partial charge in [-0.3, -0.25) is 9.69 Å². The summed E-state index contributed by atoms with van der Waals surface area (Å²) >= 11 is 1.88. The molecule has 1 amide bonds. The molecule has 1 aromatic heterocycles. The van der Waals surface area contributed by atoms with Crippen molar-refractivity contribution in [3.05, 3.63) is 16.0 Å². The summed E-state index contributed by atoms with van der Waals surface area (Å²) < 4.78 is 0. The van der Waals surface area contributed by atoms with Crippen molar-refractivity contribution < 1.29 is 9.69 Å². The van der Waals surface area contributed by atoms with Gasteiger partial charge in [0.1, 0.15) is 11.5 Å². The van der Waals surface area contributed by atoms with Gasteiger partial charge in [0, 0.05) is 17.4 Å². The van der Waals surface area contributed by atoms with Crippen molar-refractivity contribution >= 4 is 22.2 Å². The summed E-state index contributed by atoms with van der Waals surface area (Å²) in [6.07, 6.45) is 5.04. The molecule has 20 heavy (non-hydrogen) atoms. The molecule has 3 nitrogen and oxygen atoms in total. The van der Waals surface area contributed by atoms with E-state index in [1.165, 1.54) is 41.1 Å². The molecule has 1 N–H and O–H groups in total. The molecule has 0 radical (unpaired) electrons. The number of thiophene rings is 1. The number of nitrogens with zero attached hydrogens (tertiary/aromatic N) is 1. The van der Waals surface area contributed by atoms with Gasteiger partial charge in [0.2, 0.25) is 5.91 Å². The van der Waals surface area contributed by atoms with E-state index in [1.807, 2.05) is 16.2 Å². The van der Waals surface area contributed by atoms with Gasteiger partial charge < -0.3 is 4.90 Å². The van der Waals surface area contributed by atoms with Gasteiger partial charge in [0.05, 0.1) is 5.54 Å². The van der Waals surface area contributed by atoms with Crippen LogP contribution in [0, 0.1) is 0 Å². The number of hydrogen-bond acceptors (Lipinski definition) is 2. The number of amides is 1. The van der Waals surface area contributed by atoms with Crippen molar-refractivity contribution in [2.24, 2.45) is 0 Å². The van der Waals surface area contributed by atoms with E-state index in [-0.39, 0.29) is 11.4 Å². The van der Waals surface area contributed by atoms with Gasteiger partial charge >= 0.3 is 0 Å². The molecule has 110 valence electrons. The number of anilines is 1. The molecule has 0 bridgehead atoms. The maximum Gasteiger partial charge on any atom is 0.228 e. The maximum absolute atomic E-state index is 12.1. The molecule has 1 aliphatic carbocycles. The molecule has 0 spiro atoms. The first-order valence-electron chi connectivity index (χ1n) is 7.64. The van der Waals surface area contributed by atoms with Gasteiger partial charge in [-0.1, -0.05) is 0 Å². The van der Waals surface area contributed by atoms with E-state index in [9.17, 15) is 4.79 Å². The molecule has 2 aliphatic rings. The van der Waals surface area contributed by atoms with Crippen LogP contribution in [0.1, 0.15) is 56.5 Å². The van der Waals surface area contributed by atoms with Crippen molar-refractivity contribution in [1.82, 2.24) is 0 Å². The van der Waals surface area contributed by atoms with Gasteiger partial charge in [-0.2, -0.15) is 0 Å². The van der Waals surface area contributed by atoms with Crippen LogP contribution in [-0.2, 0) is 24.2 Å². The minimum atomic E-state index is 0.175. The second kappa shape index (κ2) is 4.85. The monoisotopic (exact) mass is 293 g/mol. The van der Waals surface area contributed by atoms with Crippen LogP contribution in [0.25, 0.3) is 0 Å². The fourth-order valence-corrected chi connectivity index (χ4v) is 4.76. The molecular formula is C16H25N2OS+. The molecule has 0 saturated heterocycles. The Labute approximate surface area is 125 Å². The van der Waals surface area contributed by atoms with E-state index < -0.39 is 0 Å². The lowest BCUT2D eigenvalue weighted by molar-refractivity contribution is -0.960. The lowest BCUT2D eigenvalue weighted by atomic mass is 9.93. The Kier molecular flexibility index (Phi) is 3.41. The minimum Gasteiger partial charge on any atom is -0.309 e. The third-order valence-corrected chi connectivity index (χ3v) is 6.04. The molecule has 1 atom stereocenters. The fourth-order valence-electron chi connectivity index (χ4n) is 3.31. The topological polar surface area (TPSA) is 24.8 Å². The van der Waals surface area contributed by atoms with Crippen LogP contribution in [0.2, 0.25) is 0 Å². The van der Waals surface area contributed by atoms with Crippen molar-refractivity contribution in [3.63, 3.8) is 0 Å². The number of nitrogens with one attached hydrogen (secondary N) is 1. The lowest BCUT2D eigenvalue weighted by Gasteiger charge is -2.39. The summed E-state index contributed by atoms with van der Waals surface area (Å²) in [5, 5.41) is 1.25. The Morgan fingerprint density at radius 1 is 1.20 bits per heavy atom. The second-order valence-electron chi connectivity index (χ2n) is 7.13. The first-order chi connectivity index (χ1) is 9.38. The highest BCUT2D eigenvalue weighted by molar-refractivity contribution is 7.16. The van der Waals surface area contributed by atoms with Crippen molar-refractivity contribution in [3.8, 4) is 0 Å². The molecule has 0 fully saturated rings. The van der Waals surface area contributed by atoms with E-state index in [4.69, 9.17) is 0 Å². The summed E-state index contributed by atoms with van der Waals surface area (Å²) in [6, 6.07) is 0. The van der Waals surface area contributed by atoms with E-state index in [1.54, 1.807) is 17.4 Å². The molecule has 4 heteroatoms. The van der Waals surface area contributed by atoms with Gasteiger partial charge in [0.25, 0.3) is 0 Å². The Bertz CT molecular complexity index is 541. The van der Waals surface area contributed by atoms with Crippen LogP contribution >= 0.6 is 11.3 Å². The van der Waals surface area contributed by atoms with Crippen LogP contribution in [0.5, 0.6) is 0 Å². The zero-order chi connectivity index (χ0) is 14.5. The largest absolute Gasteiger partial charge is 0.309 e. The van der Waals surface area contributed by atoms with Crippen molar-refractivity contribution in [2.75, 3.05) is 11.6 Å². The Morgan fingerprint density at radius 2 is 1.90 bits per heavy atom. The quantitative estimate of drug-likeness (QED) is 0.779. The molecule has 2 heterocycles. The summed E-state index contributed by atoms with van der Waals surface area (Å²) in [7, 11) is 0. The normalized spacial score (nSPS) is 22.4. The molecule has 1 aliphatic heterocycles. The number of fused-ring (bicyclic) bond motifs is 3. The van der Waals surface area contributed by atoms with Crippen molar-refractivity contribution in [1.29, 1.82) is 0 Å². The Balaban J connectivity index is 2.06. The summed E-state index contributed by atoms with van der Waals surface area (Å²) in [5.74, 6) is 0.186. The summed E-state index contributed by atoms with van der Waals surface area (Å²) in [4.78, 5) is 17.1. The van der Waals surface area contributed by atoms with E-state index in [0.717, 1.165) is 13.2 Å². The molecule has 0 aromatic carbocycles. The average molecular weight is 293 g/mol. The lowest BCUT2D eigenvalue weighted by Crippen LogP contribution is -3.20. The van der Waals surface area contributed by atoms with Crippen LogP contribution in [0.3, 0.4) is 0 Å². The summed E-state index contributed by atoms with van der Waals surface area (Å²) in [6.45, 7) is 10.4. The molecule has 3 rings (SSSR count). The third kappa shape index (κ3) is 2.29. The van der Waals surface area contributed by atoms with Crippen LogP contribution in [0.4, 0.5) is 5.00 Å². The zero-order valence-corrected chi connectivity index (χ0v) is 13.8. The smallest absolute Gasteiger partial charge is 0.228 e. The van der Waals surface area contributed by atoms with Gasteiger partial charge in [0.15, 0.2) is 6.67 Å². The van der Waals surface area contributed by atoms with Crippen LogP contribution in [-0.4, -0.2) is 18.1 Å². The van der Waals surface area contributed by atoms with E-state index in [0.29, 0.717) is 0 Å². The summed E-state index contributed by atoms with van der Waals surface area (Å²) in [5.41, 5.74) is 3.22. The molecule has 1 aromatic rings. The van der Waals surface area contributed by atoms with Crippen LogP contribution in [0.15, 0.2) is 0 Å². The molecule has 0 saturated carbocycles. The average Bonchev–Trinajstić information content (AvgIpc) is 2.74. The van der Waals surface area contributed by atoms with Gasteiger partial charge in [-0.05, 0) is 52.0 Å². The van der Waals surface area contributed by atoms with Gasteiger partial charge in [-0.25, -0.2) is 0 Å². The first-order valence-corrected chi connectivity index (χ1v) is 8.46. The van der Waals surface area contributed by atoms with Gasteiger partial charge in [-0.15, -0.1) is 11.3 Å². The third-order valence-electron chi connectivity index (χ3n) is 4.68. The SMILES string of the molecule is CC(=O)N1C[NH+](C(C)(C)C)Cc2c1sc1c2CCCC1. The Morgan fingerprint density at radius 3 is 2.55 bits per heavy atom. The predicted octanol–water partition coefficient (Wildman–Crippen LogP) is 2.13. The number of hydrogen-bond donors (Lipinski definition) is 1.